The standard InChI is InChI=1S/C59H34N4O2/c1-3-16-35(17-4-1)53-42-31-32-48-55(65-51-29-14-12-27-47(51)59(48)45-25-10-7-20-38(45)39-21-8-11-26-46(39)59)52(42)44-34-37(30-33-49(44)60-53)57-61-56(36-18-5-2-6-19-36)62-58(63-57)43-24-15-23-41-40-22-9-13-28-50(40)64-54(41)43/h1-34H. The minimum Gasteiger partial charge on any atom is -0.456 e. The average Bonchev–Trinajstić information content (AvgIpc) is 3.90. The van der Waals surface area contributed by atoms with Gasteiger partial charge in [0.25, 0.3) is 0 Å². The maximum Gasteiger partial charge on any atom is 0.167 e. The van der Waals surface area contributed by atoms with E-state index in [-0.39, 0.29) is 0 Å². The van der Waals surface area contributed by atoms with Gasteiger partial charge in [0.2, 0.25) is 0 Å². The number of ether oxygens (including phenoxy) is 1. The third kappa shape index (κ3) is 5.10. The van der Waals surface area contributed by atoms with Crippen molar-refractivity contribution < 1.29 is 9.15 Å². The first-order valence-corrected chi connectivity index (χ1v) is 21.9. The molecule has 12 aromatic rings. The summed E-state index contributed by atoms with van der Waals surface area (Å²) in [4.78, 5) is 21.0. The van der Waals surface area contributed by atoms with Gasteiger partial charge in [-0.25, -0.2) is 19.9 Å². The highest BCUT2D eigenvalue weighted by molar-refractivity contribution is 6.16. The molecule has 1 aliphatic carbocycles. The number of aromatic nitrogens is 4. The number of rotatable bonds is 4. The number of fused-ring (bicyclic) bond motifs is 16. The molecular weight excluding hydrogens is 797 g/mol. The van der Waals surface area contributed by atoms with Crippen LogP contribution in [0.25, 0.3) is 100 Å². The molecule has 1 aliphatic heterocycles. The zero-order chi connectivity index (χ0) is 42.6. The molecule has 6 nitrogen and oxygen atoms in total. The van der Waals surface area contributed by atoms with Gasteiger partial charge in [-0.1, -0.05) is 170 Å². The van der Waals surface area contributed by atoms with Crippen LogP contribution in [0.2, 0.25) is 0 Å². The zero-order valence-corrected chi connectivity index (χ0v) is 34.7. The summed E-state index contributed by atoms with van der Waals surface area (Å²) in [5.74, 6) is 3.27. The molecule has 302 valence electrons. The molecule has 0 unspecified atom stereocenters. The fraction of sp³-hybridized carbons (Fsp3) is 0.0169. The van der Waals surface area contributed by atoms with Crippen LogP contribution < -0.4 is 4.74 Å². The molecule has 14 rings (SSSR count). The molecule has 65 heavy (non-hydrogen) atoms. The van der Waals surface area contributed by atoms with Crippen LogP contribution >= 0.6 is 0 Å². The average molecular weight is 831 g/mol. The summed E-state index contributed by atoms with van der Waals surface area (Å²) in [7, 11) is 0. The smallest absolute Gasteiger partial charge is 0.167 e. The summed E-state index contributed by atoms with van der Waals surface area (Å²) in [5.41, 5.74) is 13.3. The van der Waals surface area contributed by atoms with Crippen molar-refractivity contribution in [3.63, 3.8) is 0 Å². The molecule has 0 N–H and O–H groups in total. The Bertz CT molecular complexity index is 3890. The van der Waals surface area contributed by atoms with E-state index in [0.29, 0.717) is 17.5 Å². The second-order valence-corrected chi connectivity index (χ2v) is 16.8. The van der Waals surface area contributed by atoms with E-state index < -0.39 is 5.41 Å². The second kappa shape index (κ2) is 13.6. The zero-order valence-electron chi connectivity index (χ0n) is 34.7. The van der Waals surface area contributed by atoms with Crippen LogP contribution in [0.1, 0.15) is 22.3 Å². The fourth-order valence-electron chi connectivity index (χ4n) is 10.6. The molecule has 0 saturated heterocycles. The molecule has 9 aromatic carbocycles. The number of furan rings is 1. The monoisotopic (exact) mass is 830 g/mol. The summed E-state index contributed by atoms with van der Waals surface area (Å²) in [6, 6.07) is 71.9. The highest BCUT2D eigenvalue weighted by atomic mass is 16.5. The van der Waals surface area contributed by atoms with E-state index in [1.807, 2.05) is 66.7 Å². The van der Waals surface area contributed by atoms with Gasteiger partial charge in [0.1, 0.15) is 22.7 Å². The molecule has 0 saturated carbocycles. The largest absolute Gasteiger partial charge is 0.456 e. The number of benzene rings is 9. The highest BCUT2D eigenvalue weighted by Crippen LogP contribution is 2.63. The normalized spacial score (nSPS) is 13.2. The minimum absolute atomic E-state index is 0.527. The van der Waals surface area contributed by atoms with Crippen molar-refractivity contribution in [3.8, 4) is 68.0 Å². The molecule has 0 fully saturated rings. The van der Waals surface area contributed by atoms with Crippen LogP contribution in [0, 0.1) is 0 Å². The number of hydrogen-bond acceptors (Lipinski definition) is 6. The maximum atomic E-state index is 7.29. The lowest BCUT2D eigenvalue weighted by Gasteiger charge is -2.40. The number of para-hydroxylation sites is 3. The van der Waals surface area contributed by atoms with E-state index in [2.05, 4.69) is 140 Å². The lowest BCUT2D eigenvalue weighted by Crippen LogP contribution is -2.32. The van der Waals surface area contributed by atoms with Crippen LogP contribution in [-0.4, -0.2) is 19.9 Å². The summed E-state index contributed by atoms with van der Waals surface area (Å²) in [6.45, 7) is 0. The van der Waals surface area contributed by atoms with Gasteiger partial charge in [-0.15, -0.1) is 0 Å². The first kappa shape index (κ1) is 35.8. The van der Waals surface area contributed by atoms with E-state index in [4.69, 9.17) is 29.1 Å². The molecule has 0 radical (unpaired) electrons. The van der Waals surface area contributed by atoms with E-state index in [1.54, 1.807) is 0 Å². The lowest BCUT2D eigenvalue weighted by molar-refractivity contribution is 0.442. The number of hydrogen-bond donors (Lipinski definition) is 0. The van der Waals surface area contributed by atoms with Crippen LogP contribution in [0.15, 0.2) is 211 Å². The SMILES string of the molecule is c1ccc(-c2nc(-c3ccc4nc(-c5ccccc5)c5ccc6c(c5c4c3)Oc3ccccc3C63c4ccccc4-c4ccccc43)nc(-c3cccc4c3oc3ccccc34)n2)cc1. The van der Waals surface area contributed by atoms with Crippen LogP contribution in [0.5, 0.6) is 11.5 Å². The predicted molar refractivity (Wildman–Crippen MR) is 259 cm³/mol. The van der Waals surface area contributed by atoms with Crippen LogP contribution in [0.4, 0.5) is 0 Å². The topological polar surface area (TPSA) is 73.9 Å². The molecule has 0 atom stereocenters. The third-order valence-electron chi connectivity index (χ3n) is 13.4. The Kier molecular flexibility index (Phi) is 7.51. The van der Waals surface area contributed by atoms with Crippen molar-refractivity contribution in [2.75, 3.05) is 0 Å². The first-order valence-electron chi connectivity index (χ1n) is 21.9. The van der Waals surface area contributed by atoms with E-state index in [9.17, 15) is 0 Å². The van der Waals surface area contributed by atoms with Crippen molar-refractivity contribution in [1.29, 1.82) is 0 Å². The van der Waals surface area contributed by atoms with Gasteiger partial charge in [0, 0.05) is 54.7 Å². The molecule has 0 amide bonds. The molecule has 4 heterocycles. The molecule has 6 heteroatoms. The maximum absolute atomic E-state index is 7.29. The Hall–Kier alpha value is -8.74. The second-order valence-electron chi connectivity index (χ2n) is 16.8. The van der Waals surface area contributed by atoms with E-state index in [1.165, 1.54) is 22.3 Å². The summed E-state index contributed by atoms with van der Waals surface area (Å²) in [6.07, 6.45) is 0. The molecular formula is C59H34N4O2. The van der Waals surface area contributed by atoms with Gasteiger partial charge < -0.3 is 9.15 Å². The van der Waals surface area contributed by atoms with Crippen molar-refractivity contribution in [3.05, 3.63) is 229 Å². The Morgan fingerprint density at radius 3 is 1.77 bits per heavy atom. The molecule has 0 bridgehead atoms. The summed E-state index contributed by atoms with van der Waals surface area (Å²) in [5, 5.41) is 4.96. The Morgan fingerprint density at radius 1 is 0.369 bits per heavy atom. The van der Waals surface area contributed by atoms with Crippen molar-refractivity contribution in [2.24, 2.45) is 0 Å². The quantitative estimate of drug-likeness (QED) is 0.165. The number of nitrogens with zero attached hydrogens (tertiary/aromatic N) is 4. The first-order chi connectivity index (χ1) is 32.2. The third-order valence-corrected chi connectivity index (χ3v) is 13.4. The Balaban J connectivity index is 1.07. The fourth-order valence-corrected chi connectivity index (χ4v) is 10.6. The van der Waals surface area contributed by atoms with Gasteiger partial charge in [-0.2, -0.15) is 0 Å². The Morgan fingerprint density at radius 2 is 0.985 bits per heavy atom. The lowest BCUT2D eigenvalue weighted by atomic mass is 9.65. The van der Waals surface area contributed by atoms with Gasteiger partial charge in [-0.3, -0.25) is 0 Å². The van der Waals surface area contributed by atoms with Crippen LogP contribution in [0.3, 0.4) is 0 Å². The van der Waals surface area contributed by atoms with E-state index in [0.717, 1.165) is 94.2 Å². The minimum atomic E-state index is -0.628. The van der Waals surface area contributed by atoms with Gasteiger partial charge >= 0.3 is 0 Å². The van der Waals surface area contributed by atoms with Crippen molar-refractivity contribution in [1.82, 2.24) is 19.9 Å². The highest BCUT2D eigenvalue weighted by Gasteiger charge is 2.51. The van der Waals surface area contributed by atoms with Gasteiger partial charge in [-0.05, 0) is 58.7 Å². The summed E-state index contributed by atoms with van der Waals surface area (Å²) < 4.78 is 13.8. The van der Waals surface area contributed by atoms with E-state index >= 15 is 0 Å². The number of pyridine rings is 1. The Labute approximate surface area is 373 Å². The molecule has 2 aliphatic rings. The van der Waals surface area contributed by atoms with Gasteiger partial charge in [0.05, 0.1) is 22.2 Å². The predicted octanol–water partition coefficient (Wildman–Crippen LogP) is 14.6. The summed E-state index contributed by atoms with van der Waals surface area (Å²) >= 11 is 0. The molecule has 1 spiro atoms. The van der Waals surface area contributed by atoms with Crippen molar-refractivity contribution in [2.45, 2.75) is 5.41 Å². The van der Waals surface area contributed by atoms with Gasteiger partial charge in [0.15, 0.2) is 17.5 Å². The van der Waals surface area contributed by atoms with Crippen molar-refractivity contribution >= 4 is 43.6 Å². The van der Waals surface area contributed by atoms with Crippen LogP contribution in [-0.2, 0) is 5.41 Å². The molecule has 3 aromatic heterocycles.